The van der Waals surface area contributed by atoms with Crippen LogP contribution >= 0.6 is 0 Å². The minimum atomic E-state index is -0.428. The fourth-order valence-electron chi connectivity index (χ4n) is 7.79. The summed E-state index contributed by atoms with van der Waals surface area (Å²) >= 11 is 0. The first-order chi connectivity index (χ1) is 29.8. The highest BCUT2D eigenvalue weighted by Gasteiger charge is 2.25. The van der Waals surface area contributed by atoms with Gasteiger partial charge >= 0.3 is 0 Å². The standard InChI is InChI=1S/C54H53N3O/c1-33(2)40-29-46(34(3)4)52(58)48(30-40)53-56-51-45(21-16-22-50(51)57(53)44-25-35(5)36(6)47(32-44)38-19-14-11-15-20-38)41-26-42(28-43(27-41)54(7,8)9)49-31-39(23-24-55-49)37-17-12-10-13-18-37/h10-34,58H,1-9H3/i10D,12D,13D,17D,18D. The number of fused-ring (bicyclic) bond motifs is 1. The van der Waals surface area contributed by atoms with Gasteiger partial charge in [0.05, 0.1) is 29.1 Å². The van der Waals surface area contributed by atoms with Gasteiger partial charge in [0, 0.05) is 23.0 Å². The van der Waals surface area contributed by atoms with Gasteiger partial charge < -0.3 is 5.11 Å². The maximum absolute atomic E-state index is 12.2. The first-order valence-electron chi connectivity index (χ1n) is 22.6. The Hall–Kier alpha value is -6.26. The molecule has 2 heterocycles. The van der Waals surface area contributed by atoms with Crippen LogP contribution in [0.5, 0.6) is 5.75 Å². The Labute approximate surface area is 351 Å². The number of rotatable bonds is 8. The molecule has 1 N–H and O–H groups in total. The molecule has 0 bridgehead atoms. The second-order valence-electron chi connectivity index (χ2n) is 17.0. The number of benzene rings is 6. The lowest BCUT2D eigenvalue weighted by molar-refractivity contribution is 0.466. The maximum Gasteiger partial charge on any atom is 0.149 e. The number of nitrogens with zero attached hydrogens (tertiary/aromatic N) is 3. The molecule has 4 nitrogen and oxygen atoms in total. The molecule has 8 rings (SSSR count). The lowest BCUT2D eigenvalue weighted by Crippen LogP contribution is -2.11. The van der Waals surface area contributed by atoms with E-state index in [4.69, 9.17) is 16.8 Å². The van der Waals surface area contributed by atoms with Gasteiger partial charge in [0.2, 0.25) is 0 Å². The van der Waals surface area contributed by atoms with Gasteiger partial charge in [-0.15, -0.1) is 0 Å². The molecule has 0 saturated heterocycles. The van der Waals surface area contributed by atoms with Gasteiger partial charge in [-0.05, 0) is 135 Å². The Morgan fingerprint density at radius 2 is 1.40 bits per heavy atom. The SMILES string of the molecule is [2H]c1c([2H])c([2H])c(-c2ccnc(-c3cc(-c4cccc5c4nc(-c4cc(C(C)C)cc(C(C)C)c4O)n5-c4cc(C)c(C)c(-c5ccccc5)c4)cc(C(C)(C)C)c3)c2)c([2H])c1[2H]. The molecule has 0 amide bonds. The van der Waals surface area contributed by atoms with Gasteiger partial charge in [0.15, 0.2) is 0 Å². The molecule has 8 aromatic rings. The van der Waals surface area contributed by atoms with E-state index < -0.39 is 6.04 Å². The second kappa shape index (κ2) is 15.2. The zero-order valence-corrected chi connectivity index (χ0v) is 34.8. The zero-order chi connectivity index (χ0) is 45.2. The number of aromatic hydroxyl groups is 1. The quantitative estimate of drug-likeness (QED) is 0.168. The van der Waals surface area contributed by atoms with Crippen molar-refractivity contribution in [1.82, 2.24) is 14.5 Å². The summed E-state index contributed by atoms with van der Waals surface area (Å²) in [4.78, 5) is 10.3. The Bertz CT molecular complexity index is 3060. The van der Waals surface area contributed by atoms with E-state index in [1.54, 1.807) is 18.3 Å². The average molecular weight is 765 g/mol. The number of hydrogen-bond donors (Lipinski definition) is 1. The van der Waals surface area contributed by atoms with Crippen LogP contribution < -0.4 is 0 Å². The summed E-state index contributed by atoms with van der Waals surface area (Å²) in [5.74, 6) is 1.16. The van der Waals surface area contributed by atoms with Gasteiger partial charge in [-0.2, -0.15) is 0 Å². The van der Waals surface area contributed by atoms with Crippen LogP contribution in [0.2, 0.25) is 0 Å². The summed E-state index contributed by atoms with van der Waals surface area (Å²) in [6.07, 6.45) is 1.62. The third kappa shape index (κ3) is 7.24. The number of phenols is 1. The van der Waals surface area contributed by atoms with E-state index in [-0.39, 0.29) is 52.7 Å². The molecule has 2 aromatic heterocycles. The van der Waals surface area contributed by atoms with Crippen molar-refractivity contribution >= 4 is 11.0 Å². The number of hydrogen-bond acceptors (Lipinski definition) is 3. The molecule has 0 aliphatic carbocycles. The van der Waals surface area contributed by atoms with Crippen LogP contribution in [0.15, 0.2) is 140 Å². The fourth-order valence-corrected chi connectivity index (χ4v) is 7.79. The van der Waals surface area contributed by atoms with Crippen molar-refractivity contribution in [3.05, 3.63) is 167 Å². The van der Waals surface area contributed by atoms with Crippen molar-refractivity contribution in [2.24, 2.45) is 0 Å². The normalized spacial score (nSPS) is 13.1. The smallest absolute Gasteiger partial charge is 0.149 e. The second-order valence-corrected chi connectivity index (χ2v) is 17.0. The predicted molar refractivity (Wildman–Crippen MR) is 244 cm³/mol. The number of para-hydroxylation sites is 1. The molecule has 0 aliphatic heterocycles. The summed E-state index contributed by atoms with van der Waals surface area (Å²) < 4.78 is 44.3. The molecule has 290 valence electrons. The summed E-state index contributed by atoms with van der Waals surface area (Å²) in [5.41, 5.74) is 14.5. The molecule has 0 aliphatic rings. The summed E-state index contributed by atoms with van der Waals surface area (Å²) in [5, 5.41) is 12.2. The fraction of sp³-hybridized carbons (Fsp3) is 0.222. The molecule has 0 unspecified atom stereocenters. The number of aromatic nitrogens is 3. The molecule has 6 aromatic carbocycles. The van der Waals surface area contributed by atoms with Crippen molar-refractivity contribution in [3.8, 4) is 67.5 Å². The molecule has 0 atom stereocenters. The third-order valence-electron chi connectivity index (χ3n) is 11.3. The van der Waals surface area contributed by atoms with E-state index in [0.29, 0.717) is 22.6 Å². The average Bonchev–Trinajstić information content (AvgIpc) is 3.65. The molecule has 58 heavy (non-hydrogen) atoms. The Kier molecular flexibility index (Phi) is 8.62. The number of pyridine rings is 1. The monoisotopic (exact) mass is 764 g/mol. The predicted octanol–water partition coefficient (Wildman–Crippen LogP) is 14.6. The van der Waals surface area contributed by atoms with Crippen molar-refractivity contribution in [2.45, 2.75) is 79.6 Å². The van der Waals surface area contributed by atoms with E-state index in [1.165, 1.54) is 5.56 Å². The summed E-state index contributed by atoms with van der Waals surface area (Å²) in [6.45, 7) is 19.4. The van der Waals surface area contributed by atoms with Crippen molar-refractivity contribution in [2.75, 3.05) is 0 Å². The van der Waals surface area contributed by atoms with Crippen molar-refractivity contribution < 1.29 is 12.0 Å². The van der Waals surface area contributed by atoms with E-state index in [1.807, 2.05) is 6.07 Å². The number of phenolic OH excluding ortho intramolecular Hbond substituents is 1. The number of aryl methyl sites for hydroxylation is 1. The van der Waals surface area contributed by atoms with E-state index in [2.05, 4.69) is 152 Å². The van der Waals surface area contributed by atoms with Crippen LogP contribution in [-0.4, -0.2) is 19.6 Å². The minimum Gasteiger partial charge on any atom is -0.507 e. The first kappa shape index (κ1) is 32.8. The van der Waals surface area contributed by atoms with Crippen LogP contribution in [0.1, 0.15) is 95.0 Å². The highest BCUT2D eigenvalue weighted by atomic mass is 16.3. The van der Waals surface area contributed by atoms with Gasteiger partial charge in [-0.1, -0.05) is 133 Å². The molecule has 4 heteroatoms. The maximum atomic E-state index is 12.2. The lowest BCUT2D eigenvalue weighted by Gasteiger charge is -2.22. The first-order valence-corrected chi connectivity index (χ1v) is 20.1. The molecular weight excluding hydrogens is 707 g/mol. The van der Waals surface area contributed by atoms with Crippen LogP contribution in [0.25, 0.3) is 72.7 Å². The van der Waals surface area contributed by atoms with E-state index in [0.717, 1.165) is 66.8 Å². The van der Waals surface area contributed by atoms with Crippen molar-refractivity contribution in [3.63, 3.8) is 0 Å². The lowest BCUT2D eigenvalue weighted by atomic mass is 9.83. The molecule has 0 radical (unpaired) electrons. The van der Waals surface area contributed by atoms with Crippen LogP contribution in [0, 0.1) is 13.8 Å². The highest BCUT2D eigenvalue weighted by Crippen LogP contribution is 2.44. The molecule has 0 fully saturated rings. The third-order valence-corrected chi connectivity index (χ3v) is 11.3. The van der Waals surface area contributed by atoms with Gasteiger partial charge in [-0.25, -0.2) is 4.98 Å². The minimum absolute atomic E-state index is 0.0771. The Morgan fingerprint density at radius 1 is 0.655 bits per heavy atom. The Morgan fingerprint density at radius 3 is 2.10 bits per heavy atom. The van der Waals surface area contributed by atoms with E-state index in [9.17, 15) is 5.11 Å². The molecular formula is C54H53N3O. The largest absolute Gasteiger partial charge is 0.507 e. The van der Waals surface area contributed by atoms with Gasteiger partial charge in [0.25, 0.3) is 0 Å². The molecule has 0 spiro atoms. The summed E-state index contributed by atoms with van der Waals surface area (Å²) in [7, 11) is 0. The van der Waals surface area contributed by atoms with Crippen LogP contribution in [0.3, 0.4) is 0 Å². The zero-order valence-electron chi connectivity index (χ0n) is 39.8. The summed E-state index contributed by atoms with van der Waals surface area (Å²) in [6, 6.07) is 33.5. The van der Waals surface area contributed by atoms with E-state index >= 15 is 0 Å². The molecule has 0 saturated carbocycles. The topological polar surface area (TPSA) is 50.9 Å². The van der Waals surface area contributed by atoms with Crippen LogP contribution in [-0.2, 0) is 5.41 Å². The Balaban J connectivity index is 1.42. The van der Waals surface area contributed by atoms with Gasteiger partial charge in [0.1, 0.15) is 11.6 Å². The number of imidazole rings is 1. The van der Waals surface area contributed by atoms with Crippen LogP contribution in [0.4, 0.5) is 0 Å². The van der Waals surface area contributed by atoms with Gasteiger partial charge in [-0.3, -0.25) is 9.55 Å². The highest BCUT2D eigenvalue weighted by molar-refractivity contribution is 5.97. The van der Waals surface area contributed by atoms with Crippen molar-refractivity contribution in [1.29, 1.82) is 0 Å².